The van der Waals surface area contributed by atoms with Gasteiger partial charge in [-0.05, 0) is 37.8 Å². The van der Waals surface area contributed by atoms with Gasteiger partial charge in [0.25, 0.3) is 0 Å². The van der Waals surface area contributed by atoms with Crippen molar-refractivity contribution in [3.63, 3.8) is 0 Å². The minimum absolute atomic E-state index is 0.0401. The number of hydrogen-bond donors (Lipinski definition) is 2. The molecule has 1 unspecified atom stereocenters. The number of benzene rings is 1. The lowest BCUT2D eigenvalue weighted by molar-refractivity contribution is -0.0112. The lowest BCUT2D eigenvalue weighted by atomic mass is 10.1. The normalized spacial score (nSPS) is 19.5. The summed E-state index contributed by atoms with van der Waals surface area (Å²) in [6.45, 7) is 3.32. The molecule has 1 aliphatic rings. The smallest absolute Gasteiger partial charge is 0.133 e. The Hall–Kier alpha value is -1.55. The fourth-order valence-corrected chi connectivity index (χ4v) is 2.17. The fraction of sp³-hybridized carbons (Fsp3) is 0.500. The Morgan fingerprint density at radius 2 is 2.33 bits per heavy atom. The quantitative estimate of drug-likeness (QED) is 0.634. The molecule has 98 valence electrons. The maximum atomic E-state index is 7.56. The fourth-order valence-electron chi connectivity index (χ4n) is 2.17. The summed E-state index contributed by atoms with van der Waals surface area (Å²) in [7, 11) is 0. The molecule has 1 aliphatic heterocycles. The molecular formula is C14H20N2O2. The maximum Gasteiger partial charge on any atom is 0.133 e. The molecule has 0 bridgehead atoms. The number of amidine groups is 1. The monoisotopic (exact) mass is 248 g/mol. The predicted octanol–water partition coefficient (Wildman–Crippen LogP) is 2.23. The largest absolute Gasteiger partial charge is 0.490 e. The molecule has 0 radical (unpaired) electrons. The summed E-state index contributed by atoms with van der Waals surface area (Å²) in [4.78, 5) is 0. The number of hydrogen-bond acceptors (Lipinski definition) is 3. The summed E-state index contributed by atoms with van der Waals surface area (Å²) in [6, 6.07) is 5.66. The second kappa shape index (κ2) is 5.87. The van der Waals surface area contributed by atoms with Gasteiger partial charge in [-0.1, -0.05) is 12.1 Å². The minimum atomic E-state index is 0.0401. The van der Waals surface area contributed by atoms with E-state index in [0.717, 1.165) is 25.0 Å². The Morgan fingerprint density at radius 3 is 3.00 bits per heavy atom. The van der Waals surface area contributed by atoms with Gasteiger partial charge in [-0.3, -0.25) is 5.41 Å². The van der Waals surface area contributed by atoms with Gasteiger partial charge < -0.3 is 15.2 Å². The number of ether oxygens (including phenoxy) is 2. The Balaban J connectivity index is 2.05. The van der Waals surface area contributed by atoms with Crippen molar-refractivity contribution < 1.29 is 9.47 Å². The average Bonchev–Trinajstić information content (AvgIpc) is 2.38. The van der Waals surface area contributed by atoms with E-state index in [1.807, 2.05) is 25.1 Å². The third-order valence-corrected chi connectivity index (χ3v) is 3.19. The summed E-state index contributed by atoms with van der Waals surface area (Å²) in [6.07, 6.45) is 3.54. The van der Waals surface area contributed by atoms with Crippen LogP contribution in [0.15, 0.2) is 18.2 Å². The highest BCUT2D eigenvalue weighted by Gasteiger charge is 2.16. The second-order valence-electron chi connectivity index (χ2n) is 4.66. The molecule has 0 aliphatic carbocycles. The third-order valence-electron chi connectivity index (χ3n) is 3.19. The van der Waals surface area contributed by atoms with Crippen molar-refractivity contribution in [1.29, 1.82) is 5.41 Å². The van der Waals surface area contributed by atoms with E-state index in [0.29, 0.717) is 17.9 Å². The summed E-state index contributed by atoms with van der Waals surface area (Å²) >= 11 is 0. The van der Waals surface area contributed by atoms with Gasteiger partial charge in [-0.2, -0.15) is 0 Å². The van der Waals surface area contributed by atoms with E-state index in [1.165, 1.54) is 6.42 Å². The SMILES string of the molecule is Cc1cccc(C(=N)N)c1OCC1CCCCO1. The van der Waals surface area contributed by atoms with Crippen molar-refractivity contribution in [2.24, 2.45) is 5.73 Å². The zero-order valence-electron chi connectivity index (χ0n) is 10.7. The zero-order chi connectivity index (χ0) is 13.0. The first-order valence-electron chi connectivity index (χ1n) is 6.37. The standard InChI is InChI=1S/C14H20N2O2/c1-10-5-4-7-12(14(15)16)13(10)18-9-11-6-2-3-8-17-11/h4-5,7,11H,2-3,6,8-9H2,1H3,(H3,15,16). The predicted molar refractivity (Wildman–Crippen MR) is 71.3 cm³/mol. The van der Waals surface area contributed by atoms with Gasteiger partial charge in [0.1, 0.15) is 18.2 Å². The average molecular weight is 248 g/mol. The van der Waals surface area contributed by atoms with Gasteiger partial charge in [0.2, 0.25) is 0 Å². The Kier molecular flexibility index (Phi) is 4.20. The number of rotatable bonds is 4. The van der Waals surface area contributed by atoms with Crippen LogP contribution in [-0.2, 0) is 4.74 Å². The topological polar surface area (TPSA) is 68.3 Å². The third kappa shape index (κ3) is 3.01. The molecule has 4 nitrogen and oxygen atoms in total. The van der Waals surface area contributed by atoms with Gasteiger partial charge in [0.15, 0.2) is 0 Å². The van der Waals surface area contributed by atoms with Crippen LogP contribution in [-0.4, -0.2) is 25.2 Å². The van der Waals surface area contributed by atoms with Crippen molar-refractivity contribution in [3.8, 4) is 5.75 Å². The van der Waals surface area contributed by atoms with Crippen molar-refractivity contribution in [2.45, 2.75) is 32.3 Å². The molecule has 0 saturated carbocycles. The minimum Gasteiger partial charge on any atom is -0.490 e. The van der Waals surface area contributed by atoms with Crippen LogP contribution in [0.2, 0.25) is 0 Å². The van der Waals surface area contributed by atoms with Crippen LogP contribution in [0.25, 0.3) is 0 Å². The molecule has 1 fully saturated rings. The van der Waals surface area contributed by atoms with Crippen LogP contribution in [0.4, 0.5) is 0 Å². The van der Waals surface area contributed by atoms with Gasteiger partial charge in [0, 0.05) is 6.61 Å². The number of nitrogens with two attached hydrogens (primary N) is 1. The lowest BCUT2D eigenvalue weighted by Crippen LogP contribution is -2.26. The number of para-hydroxylation sites is 1. The van der Waals surface area contributed by atoms with Crippen LogP contribution >= 0.6 is 0 Å². The molecule has 4 heteroatoms. The van der Waals surface area contributed by atoms with Crippen LogP contribution in [0.1, 0.15) is 30.4 Å². The number of nitrogen functional groups attached to an aromatic ring is 1. The Labute approximate surface area is 108 Å². The van der Waals surface area contributed by atoms with E-state index in [1.54, 1.807) is 0 Å². The molecule has 18 heavy (non-hydrogen) atoms. The first kappa shape index (κ1) is 12.9. The summed E-state index contributed by atoms with van der Waals surface area (Å²) < 4.78 is 11.5. The molecule has 0 spiro atoms. The van der Waals surface area contributed by atoms with E-state index in [2.05, 4.69) is 0 Å². The molecule has 1 aromatic carbocycles. The highest BCUT2D eigenvalue weighted by atomic mass is 16.5. The Morgan fingerprint density at radius 1 is 1.50 bits per heavy atom. The second-order valence-corrected chi connectivity index (χ2v) is 4.66. The van der Waals surface area contributed by atoms with Gasteiger partial charge in [-0.15, -0.1) is 0 Å². The molecule has 0 aromatic heterocycles. The molecule has 3 N–H and O–H groups in total. The number of aryl methyl sites for hydroxylation is 1. The van der Waals surface area contributed by atoms with Crippen LogP contribution in [0.5, 0.6) is 5.75 Å². The van der Waals surface area contributed by atoms with Crippen LogP contribution in [0.3, 0.4) is 0 Å². The van der Waals surface area contributed by atoms with E-state index in [9.17, 15) is 0 Å². The van der Waals surface area contributed by atoms with Crippen molar-refractivity contribution >= 4 is 5.84 Å². The van der Waals surface area contributed by atoms with Crippen molar-refractivity contribution in [3.05, 3.63) is 29.3 Å². The van der Waals surface area contributed by atoms with E-state index in [4.69, 9.17) is 20.6 Å². The van der Waals surface area contributed by atoms with Gasteiger partial charge in [0.05, 0.1) is 11.7 Å². The van der Waals surface area contributed by atoms with E-state index in [-0.39, 0.29) is 11.9 Å². The summed E-state index contributed by atoms with van der Waals surface area (Å²) in [5.74, 6) is 0.748. The summed E-state index contributed by atoms with van der Waals surface area (Å²) in [5, 5.41) is 7.56. The Bertz CT molecular complexity index is 426. The van der Waals surface area contributed by atoms with Crippen LogP contribution < -0.4 is 10.5 Å². The van der Waals surface area contributed by atoms with Crippen LogP contribution in [0, 0.1) is 12.3 Å². The molecule has 1 heterocycles. The number of nitrogens with one attached hydrogen (secondary N) is 1. The first-order chi connectivity index (χ1) is 8.68. The highest BCUT2D eigenvalue weighted by Crippen LogP contribution is 2.24. The van der Waals surface area contributed by atoms with Crippen molar-refractivity contribution in [1.82, 2.24) is 0 Å². The highest BCUT2D eigenvalue weighted by molar-refractivity contribution is 5.98. The van der Waals surface area contributed by atoms with Gasteiger partial charge >= 0.3 is 0 Å². The molecule has 2 rings (SSSR count). The van der Waals surface area contributed by atoms with E-state index >= 15 is 0 Å². The molecule has 0 amide bonds. The van der Waals surface area contributed by atoms with Gasteiger partial charge in [-0.25, -0.2) is 0 Å². The van der Waals surface area contributed by atoms with Crippen molar-refractivity contribution in [2.75, 3.05) is 13.2 Å². The summed E-state index contributed by atoms with van der Waals surface area (Å²) in [5.41, 5.74) is 7.22. The molecule has 1 saturated heterocycles. The molecular weight excluding hydrogens is 228 g/mol. The van der Waals surface area contributed by atoms with E-state index < -0.39 is 0 Å². The molecule has 1 atom stereocenters. The maximum absolute atomic E-state index is 7.56. The zero-order valence-corrected chi connectivity index (χ0v) is 10.7. The molecule has 1 aromatic rings. The first-order valence-corrected chi connectivity index (χ1v) is 6.37. The lowest BCUT2D eigenvalue weighted by Gasteiger charge is -2.23.